The number of hydrogen-bond donors (Lipinski definition) is 1. The summed E-state index contributed by atoms with van der Waals surface area (Å²) in [5, 5.41) is 0. The van der Waals surface area contributed by atoms with Crippen molar-refractivity contribution in [2.24, 2.45) is 11.7 Å². The van der Waals surface area contributed by atoms with E-state index in [2.05, 4.69) is 0 Å². The highest BCUT2D eigenvalue weighted by atomic mass is 35.5. The minimum absolute atomic E-state index is 0. The summed E-state index contributed by atoms with van der Waals surface area (Å²) in [4.78, 5) is 26.7. The van der Waals surface area contributed by atoms with Gasteiger partial charge < -0.3 is 10.6 Å². The Morgan fingerprint density at radius 3 is 2.33 bits per heavy atom. The average Bonchev–Trinajstić information content (AvgIpc) is 3.32. The van der Waals surface area contributed by atoms with E-state index in [1.807, 2.05) is 0 Å². The molecule has 24 heavy (non-hydrogen) atoms. The van der Waals surface area contributed by atoms with Crippen molar-refractivity contribution < 1.29 is 22.8 Å². The zero-order valence-corrected chi connectivity index (χ0v) is 13.4. The van der Waals surface area contributed by atoms with Crippen LogP contribution in [0.15, 0.2) is 24.3 Å². The number of nitrogens with zero attached hydrogens (tertiary/aromatic N) is 2. The van der Waals surface area contributed by atoms with Gasteiger partial charge in [-0.1, -0.05) is 12.1 Å². The second-order valence-electron chi connectivity index (χ2n) is 5.86. The van der Waals surface area contributed by atoms with Crippen LogP contribution in [-0.2, 0) is 9.59 Å². The molecule has 1 aliphatic heterocycles. The lowest BCUT2D eigenvalue weighted by atomic mass is 10.2. The fourth-order valence-corrected chi connectivity index (χ4v) is 2.71. The summed E-state index contributed by atoms with van der Waals surface area (Å²) in [6, 6.07) is 4.92. The van der Waals surface area contributed by atoms with Crippen LogP contribution in [0.2, 0.25) is 0 Å². The number of benzene rings is 1. The smallest absolute Gasteiger partial charge is 0.318 e. The van der Waals surface area contributed by atoms with Gasteiger partial charge in [0, 0.05) is 5.92 Å². The second-order valence-corrected chi connectivity index (χ2v) is 5.86. The SMILES string of the molecule is Cl.N[C@H]1CN(C(=O)C2CC2)c2ccccc2N(CC(F)(F)F)C1=O. The lowest BCUT2D eigenvalue weighted by Gasteiger charge is -2.26. The number of alkyl halides is 3. The zero-order valence-electron chi connectivity index (χ0n) is 12.6. The quantitative estimate of drug-likeness (QED) is 0.875. The Balaban J connectivity index is 0.00000208. The van der Waals surface area contributed by atoms with E-state index in [0.29, 0.717) is 10.6 Å². The molecule has 2 aliphatic rings. The maximum atomic E-state index is 12.8. The van der Waals surface area contributed by atoms with Crippen molar-refractivity contribution in [1.82, 2.24) is 0 Å². The zero-order chi connectivity index (χ0) is 16.8. The number of amides is 2. The molecule has 9 heteroatoms. The van der Waals surface area contributed by atoms with Crippen LogP contribution in [0.4, 0.5) is 24.5 Å². The van der Waals surface area contributed by atoms with Gasteiger partial charge in [0.25, 0.3) is 0 Å². The molecule has 3 rings (SSSR count). The molecule has 0 spiro atoms. The fraction of sp³-hybridized carbons (Fsp3) is 0.467. The van der Waals surface area contributed by atoms with Crippen molar-refractivity contribution in [1.29, 1.82) is 0 Å². The Morgan fingerprint density at radius 2 is 1.79 bits per heavy atom. The van der Waals surface area contributed by atoms with Gasteiger partial charge in [-0.05, 0) is 25.0 Å². The first-order valence-electron chi connectivity index (χ1n) is 7.32. The molecule has 0 bridgehead atoms. The van der Waals surface area contributed by atoms with Crippen LogP contribution in [0.25, 0.3) is 0 Å². The highest BCUT2D eigenvalue weighted by Crippen LogP contribution is 2.38. The molecule has 1 aliphatic carbocycles. The highest BCUT2D eigenvalue weighted by Gasteiger charge is 2.42. The molecule has 2 amide bonds. The summed E-state index contributed by atoms with van der Waals surface area (Å²) in [6.45, 7) is -1.54. The van der Waals surface area contributed by atoms with Gasteiger partial charge in [0.05, 0.1) is 17.9 Å². The number of carbonyl (C=O) groups excluding carboxylic acids is 2. The molecule has 5 nitrogen and oxygen atoms in total. The van der Waals surface area contributed by atoms with Crippen LogP contribution < -0.4 is 15.5 Å². The van der Waals surface area contributed by atoms with Crippen LogP contribution >= 0.6 is 12.4 Å². The number of fused-ring (bicyclic) bond motifs is 1. The van der Waals surface area contributed by atoms with Crippen molar-refractivity contribution in [2.75, 3.05) is 22.9 Å². The minimum Gasteiger partial charge on any atom is -0.318 e. The minimum atomic E-state index is -4.56. The van der Waals surface area contributed by atoms with Gasteiger partial charge in [-0.3, -0.25) is 14.5 Å². The topological polar surface area (TPSA) is 66.6 Å². The Labute approximate surface area is 143 Å². The predicted octanol–water partition coefficient (Wildman–Crippen LogP) is 2.09. The largest absolute Gasteiger partial charge is 0.406 e. The number of nitrogens with two attached hydrogens (primary N) is 1. The molecule has 1 aromatic carbocycles. The Bertz CT molecular complexity index is 649. The number of rotatable bonds is 2. The van der Waals surface area contributed by atoms with Crippen molar-refractivity contribution >= 4 is 35.6 Å². The van der Waals surface area contributed by atoms with E-state index in [1.165, 1.54) is 17.0 Å². The predicted molar refractivity (Wildman–Crippen MR) is 85.2 cm³/mol. The first-order valence-corrected chi connectivity index (χ1v) is 7.32. The Hall–Kier alpha value is -1.80. The summed E-state index contributed by atoms with van der Waals surface area (Å²) in [7, 11) is 0. The molecule has 2 N–H and O–H groups in total. The molecule has 0 unspecified atom stereocenters. The van der Waals surface area contributed by atoms with E-state index in [9.17, 15) is 22.8 Å². The van der Waals surface area contributed by atoms with Crippen LogP contribution in [0.3, 0.4) is 0 Å². The Kier molecular flexibility index (Phi) is 5.10. The van der Waals surface area contributed by atoms with Crippen molar-refractivity contribution in [3.05, 3.63) is 24.3 Å². The molecular formula is C15H17ClF3N3O2. The molecule has 1 aromatic rings. The molecule has 0 aromatic heterocycles. The third-order valence-corrected chi connectivity index (χ3v) is 3.96. The summed E-state index contributed by atoms with van der Waals surface area (Å²) in [5.41, 5.74) is 6.13. The van der Waals surface area contributed by atoms with Crippen molar-refractivity contribution in [2.45, 2.75) is 25.1 Å². The van der Waals surface area contributed by atoms with Gasteiger partial charge in [-0.15, -0.1) is 12.4 Å². The molecule has 1 heterocycles. The lowest BCUT2D eigenvalue weighted by Crippen LogP contribution is -2.50. The summed E-state index contributed by atoms with van der Waals surface area (Å²) < 4.78 is 38.5. The normalized spacial score (nSPS) is 21.0. The molecular weight excluding hydrogens is 347 g/mol. The maximum absolute atomic E-state index is 12.8. The van der Waals surface area contributed by atoms with E-state index in [0.717, 1.165) is 12.8 Å². The second kappa shape index (κ2) is 6.60. The van der Waals surface area contributed by atoms with Crippen LogP contribution in [0, 0.1) is 5.92 Å². The average molecular weight is 364 g/mol. The van der Waals surface area contributed by atoms with Gasteiger partial charge in [0.15, 0.2) is 0 Å². The molecule has 1 fully saturated rings. The van der Waals surface area contributed by atoms with Gasteiger partial charge in [-0.2, -0.15) is 13.2 Å². The number of carbonyl (C=O) groups is 2. The van der Waals surface area contributed by atoms with E-state index >= 15 is 0 Å². The number of anilines is 2. The molecule has 1 saturated carbocycles. The summed E-state index contributed by atoms with van der Waals surface area (Å²) >= 11 is 0. The molecule has 1 atom stereocenters. The monoisotopic (exact) mass is 363 g/mol. The number of para-hydroxylation sites is 2. The van der Waals surface area contributed by atoms with Crippen molar-refractivity contribution in [3.8, 4) is 0 Å². The van der Waals surface area contributed by atoms with E-state index < -0.39 is 24.7 Å². The maximum Gasteiger partial charge on any atom is 0.406 e. The van der Waals surface area contributed by atoms with Gasteiger partial charge in [0.1, 0.15) is 12.6 Å². The third kappa shape index (κ3) is 3.64. The standard InChI is InChI=1S/C15H16F3N3O2.ClH/c16-15(17,18)8-21-12-4-2-1-3-11(12)20(7-10(19)14(21)23)13(22)9-5-6-9;/h1-4,9-10H,5-8,19H2;1H/t10-;/m0./s1. The van der Waals surface area contributed by atoms with E-state index in [1.54, 1.807) is 12.1 Å². The first-order chi connectivity index (χ1) is 10.8. The number of hydrogen-bond acceptors (Lipinski definition) is 3. The molecule has 132 valence electrons. The lowest BCUT2D eigenvalue weighted by molar-refractivity contribution is -0.133. The van der Waals surface area contributed by atoms with E-state index in [4.69, 9.17) is 5.73 Å². The number of halogens is 4. The van der Waals surface area contributed by atoms with Crippen LogP contribution in [0.1, 0.15) is 12.8 Å². The van der Waals surface area contributed by atoms with Gasteiger partial charge in [-0.25, -0.2) is 0 Å². The van der Waals surface area contributed by atoms with Crippen molar-refractivity contribution in [3.63, 3.8) is 0 Å². The molecule has 0 saturated heterocycles. The van der Waals surface area contributed by atoms with Crippen LogP contribution in [0.5, 0.6) is 0 Å². The van der Waals surface area contributed by atoms with Gasteiger partial charge >= 0.3 is 6.18 Å². The summed E-state index contributed by atoms with van der Waals surface area (Å²) in [6.07, 6.45) is -3.04. The molecule has 0 radical (unpaired) electrons. The summed E-state index contributed by atoms with van der Waals surface area (Å²) in [5.74, 6) is -1.14. The Morgan fingerprint density at radius 1 is 1.21 bits per heavy atom. The van der Waals surface area contributed by atoms with Gasteiger partial charge in [0.2, 0.25) is 11.8 Å². The highest BCUT2D eigenvalue weighted by molar-refractivity contribution is 6.07. The first kappa shape index (κ1) is 18.5. The third-order valence-electron chi connectivity index (χ3n) is 3.96. The van der Waals surface area contributed by atoms with E-state index in [-0.39, 0.29) is 36.5 Å². The van der Waals surface area contributed by atoms with Crippen LogP contribution in [-0.4, -0.2) is 37.1 Å². The fourth-order valence-electron chi connectivity index (χ4n) is 2.71.